The van der Waals surface area contributed by atoms with Crippen LogP contribution in [0.5, 0.6) is 0 Å². The summed E-state index contributed by atoms with van der Waals surface area (Å²) in [4.78, 5) is 8.45. The number of nitrogens with zero attached hydrogens (tertiary/aromatic N) is 2. The van der Waals surface area contributed by atoms with Gasteiger partial charge in [-0.15, -0.1) is 24.0 Å². The first kappa shape index (κ1) is 17.6. The number of nitrogens with one attached hydrogen (secondary N) is 1. The van der Waals surface area contributed by atoms with Crippen LogP contribution in [0, 0.1) is 11.6 Å². The summed E-state index contributed by atoms with van der Waals surface area (Å²) in [5, 5.41) is 2.91. The lowest BCUT2D eigenvalue weighted by atomic mass is 9.76. The van der Waals surface area contributed by atoms with Crippen molar-refractivity contribution in [3.63, 3.8) is 0 Å². The summed E-state index contributed by atoms with van der Waals surface area (Å²) in [7, 11) is 0. The summed E-state index contributed by atoms with van der Waals surface area (Å²) < 4.78 is 26.4. The molecule has 1 saturated carbocycles. The van der Waals surface area contributed by atoms with Crippen molar-refractivity contribution in [2.45, 2.75) is 24.8 Å². The second kappa shape index (κ2) is 7.67. The van der Waals surface area contributed by atoms with Gasteiger partial charge in [0.15, 0.2) is 5.96 Å². The molecule has 23 heavy (non-hydrogen) atoms. The third kappa shape index (κ3) is 4.60. The highest BCUT2D eigenvalue weighted by molar-refractivity contribution is 14.0. The number of guanidine groups is 1. The van der Waals surface area contributed by atoms with Gasteiger partial charge >= 0.3 is 0 Å². The zero-order valence-corrected chi connectivity index (χ0v) is 14.6. The summed E-state index contributed by atoms with van der Waals surface area (Å²) in [5.41, 5.74) is 6.51. The Bertz CT molecular complexity index is 667. The topological polar surface area (TPSA) is 63.3 Å². The van der Waals surface area contributed by atoms with Crippen LogP contribution in [0.2, 0.25) is 0 Å². The van der Waals surface area contributed by atoms with Crippen LogP contribution in [0.4, 0.5) is 14.6 Å². The van der Waals surface area contributed by atoms with Crippen LogP contribution >= 0.6 is 24.0 Å². The zero-order valence-electron chi connectivity index (χ0n) is 12.2. The molecule has 1 heterocycles. The summed E-state index contributed by atoms with van der Waals surface area (Å²) in [5.74, 6) is -0.0300. The van der Waals surface area contributed by atoms with Crippen LogP contribution in [0.3, 0.4) is 0 Å². The fourth-order valence-electron chi connectivity index (χ4n) is 2.57. The maximum absolute atomic E-state index is 13.2. The van der Waals surface area contributed by atoms with Crippen LogP contribution < -0.4 is 11.1 Å². The molecule has 2 aromatic rings. The second-order valence-electron chi connectivity index (χ2n) is 5.38. The van der Waals surface area contributed by atoms with E-state index in [0.717, 1.165) is 18.9 Å². The SMILES string of the molecule is I.NC(=NC1CC(c2cc(F)cc(F)c2)C1)Nc1ccccn1. The van der Waals surface area contributed by atoms with E-state index in [1.165, 1.54) is 12.1 Å². The van der Waals surface area contributed by atoms with Gasteiger partial charge in [-0.05, 0) is 48.6 Å². The molecule has 1 aliphatic carbocycles. The summed E-state index contributed by atoms with van der Waals surface area (Å²) in [6.07, 6.45) is 3.12. The largest absolute Gasteiger partial charge is 0.370 e. The molecule has 0 unspecified atom stereocenters. The zero-order chi connectivity index (χ0) is 15.5. The van der Waals surface area contributed by atoms with Gasteiger partial charge in [-0.2, -0.15) is 0 Å². The number of aromatic nitrogens is 1. The summed E-state index contributed by atoms with van der Waals surface area (Å²) in [6.45, 7) is 0. The first-order chi connectivity index (χ1) is 10.6. The lowest BCUT2D eigenvalue weighted by Gasteiger charge is -2.33. The number of anilines is 1. The van der Waals surface area contributed by atoms with E-state index in [2.05, 4.69) is 15.3 Å². The van der Waals surface area contributed by atoms with E-state index in [0.29, 0.717) is 17.3 Å². The monoisotopic (exact) mass is 430 g/mol. The van der Waals surface area contributed by atoms with Gasteiger partial charge in [0.2, 0.25) is 0 Å². The molecule has 0 atom stereocenters. The van der Waals surface area contributed by atoms with Gasteiger partial charge in [-0.25, -0.2) is 18.8 Å². The molecule has 1 aliphatic rings. The van der Waals surface area contributed by atoms with Gasteiger partial charge < -0.3 is 11.1 Å². The van der Waals surface area contributed by atoms with E-state index in [1.54, 1.807) is 12.3 Å². The van der Waals surface area contributed by atoms with E-state index in [9.17, 15) is 8.78 Å². The van der Waals surface area contributed by atoms with Gasteiger partial charge in [0, 0.05) is 12.3 Å². The number of hydrogen-bond donors (Lipinski definition) is 2. The van der Waals surface area contributed by atoms with Gasteiger partial charge in [0.1, 0.15) is 17.5 Å². The highest BCUT2D eigenvalue weighted by atomic mass is 127. The Kier molecular flexibility index (Phi) is 5.86. The Hall–Kier alpha value is -1.77. The van der Waals surface area contributed by atoms with Crippen molar-refractivity contribution in [1.82, 2.24) is 4.98 Å². The average Bonchev–Trinajstić information content (AvgIpc) is 2.42. The minimum Gasteiger partial charge on any atom is -0.370 e. The Morgan fingerprint density at radius 2 is 1.87 bits per heavy atom. The third-order valence-electron chi connectivity index (χ3n) is 3.71. The first-order valence-electron chi connectivity index (χ1n) is 7.07. The number of benzene rings is 1. The lowest BCUT2D eigenvalue weighted by molar-refractivity contribution is 0.351. The van der Waals surface area contributed by atoms with Crippen LogP contribution in [0.25, 0.3) is 0 Å². The van der Waals surface area contributed by atoms with Crippen molar-refractivity contribution in [3.05, 3.63) is 59.8 Å². The van der Waals surface area contributed by atoms with Crippen molar-refractivity contribution in [2.24, 2.45) is 10.7 Å². The first-order valence-corrected chi connectivity index (χ1v) is 7.07. The van der Waals surface area contributed by atoms with Crippen LogP contribution in [0.15, 0.2) is 47.6 Å². The molecule has 1 aromatic heterocycles. The van der Waals surface area contributed by atoms with Crippen molar-refractivity contribution < 1.29 is 8.78 Å². The molecule has 122 valence electrons. The number of nitrogens with two attached hydrogens (primary N) is 1. The number of pyridine rings is 1. The predicted molar refractivity (Wildman–Crippen MR) is 97.0 cm³/mol. The normalized spacial score (nSPS) is 20.3. The minimum atomic E-state index is -0.543. The molecule has 0 aliphatic heterocycles. The second-order valence-corrected chi connectivity index (χ2v) is 5.38. The molecule has 0 amide bonds. The highest BCUT2D eigenvalue weighted by Gasteiger charge is 2.30. The standard InChI is InChI=1S/C16H16F2N4.HI/c17-12-5-10(6-13(18)9-12)11-7-14(8-11)21-16(19)22-15-3-1-2-4-20-15;/h1-6,9,11,14H,7-8H2,(H3,19,20,21,22);1H. The fourth-order valence-corrected chi connectivity index (χ4v) is 2.57. The highest BCUT2D eigenvalue weighted by Crippen LogP contribution is 2.39. The maximum Gasteiger partial charge on any atom is 0.194 e. The van der Waals surface area contributed by atoms with E-state index in [1.807, 2.05) is 12.1 Å². The van der Waals surface area contributed by atoms with Crippen molar-refractivity contribution >= 4 is 35.8 Å². The summed E-state index contributed by atoms with van der Waals surface area (Å²) >= 11 is 0. The number of halogens is 3. The Morgan fingerprint density at radius 1 is 1.17 bits per heavy atom. The molecular weight excluding hydrogens is 413 g/mol. The fraction of sp³-hybridized carbons (Fsp3) is 0.250. The summed E-state index contributed by atoms with van der Waals surface area (Å²) in [6, 6.07) is 9.15. The number of aliphatic imine (C=N–C) groups is 1. The predicted octanol–water partition coefficient (Wildman–Crippen LogP) is 3.65. The third-order valence-corrected chi connectivity index (χ3v) is 3.71. The van der Waals surface area contributed by atoms with Gasteiger partial charge in [-0.1, -0.05) is 6.07 Å². The molecule has 0 saturated heterocycles. The minimum absolute atomic E-state index is 0. The number of hydrogen-bond acceptors (Lipinski definition) is 2. The van der Waals surface area contributed by atoms with E-state index >= 15 is 0 Å². The van der Waals surface area contributed by atoms with E-state index < -0.39 is 11.6 Å². The molecule has 1 aromatic carbocycles. The molecule has 1 fully saturated rings. The molecule has 0 radical (unpaired) electrons. The molecule has 3 N–H and O–H groups in total. The van der Waals surface area contributed by atoms with Crippen LogP contribution in [-0.2, 0) is 0 Å². The van der Waals surface area contributed by atoms with E-state index in [4.69, 9.17) is 5.73 Å². The molecule has 0 spiro atoms. The van der Waals surface area contributed by atoms with Gasteiger partial charge in [0.25, 0.3) is 0 Å². The van der Waals surface area contributed by atoms with E-state index in [-0.39, 0.29) is 35.9 Å². The molecule has 0 bridgehead atoms. The Morgan fingerprint density at radius 3 is 2.48 bits per heavy atom. The maximum atomic E-state index is 13.2. The van der Waals surface area contributed by atoms with Crippen molar-refractivity contribution in [2.75, 3.05) is 5.32 Å². The van der Waals surface area contributed by atoms with Crippen molar-refractivity contribution in [1.29, 1.82) is 0 Å². The lowest BCUT2D eigenvalue weighted by Crippen LogP contribution is -2.31. The molecular formula is C16H17F2IN4. The number of rotatable bonds is 3. The van der Waals surface area contributed by atoms with Crippen molar-refractivity contribution in [3.8, 4) is 0 Å². The Balaban J connectivity index is 0.00000192. The molecule has 4 nitrogen and oxygen atoms in total. The van der Waals surface area contributed by atoms with Gasteiger partial charge in [0.05, 0.1) is 6.04 Å². The quantitative estimate of drug-likeness (QED) is 0.444. The van der Waals surface area contributed by atoms with Crippen LogP contribution in [-0.4, -0.2) is 17.0 Å². The Labute approximate surface area is 150 Å². The smallest absolute Gasteiger partial charge is 0.194 e. The molecule has 3 rings (SSSR count). The molecule has 7 heteroatoms. The van der Waals surface area contributed by atoms with Gasteiger partial charge in [-0.3, -0.25) is 0 Å². The average molecular weight is 430 g/mol. The van der Waals surface area contributed by atoms with Crippen LogP contribution in [0.1, 0.15) is 24.3 Å².